The van der Waals surface area contributed by atoms with E-state index in [1.807, 2.05) is 55.5 Å². The first-order valence-electron chi connectivity index (χ1n) is 8.12. The maximum Gasteiger partial charge on any atom is 0.320 e. The molecule has 2 aromatic carbocycles. The molecule has 3 rings (SSSR count). The number of ether oxygens (including phenoxy) is 2. The summed E-state index contributed by atoms with van der Waals surface area (Å²) >= 11 is 0. The number of hydrogen-bond donors (Lipinski definition) is 2. The van der Waals surface area contributed by atoms with Crippen molar-refractivity contribution in [2.24, 2.45) is 0 Å². The Morgan fingerprint density at radius 2 is 1.83 bits per heavy atom. The van der Waals surface area contributed by atoms with Crippen LogP contribution in [0.15, 0.2) is 48.5 Å². The van der Waals surface area contributed by atoms with Gasteiger partial charge in [-0.2, -0.15) is 0 Å². The lowest BCUT2D eigenvalue weighted by Crippen LogP contribution is -2.38. The Hall–Kier alpha value is -2.69. The van der Waals surface area contributed by atoms with Crippen molar-refractivity contribution in [2.45, 2.75) is 25.3 Å². The number of benzene rings is 2. The predicted molar refractivity (Wildman–Crippen MR) is 93.7 cm³/mol. The van der Waals surface area contributed by atoms with E-state index in [4.69, 9.17) is 9.47 Å². The number of urea groups is 1. The summed E-state index contributed by atoms with van der Waals surface area (Å²) in [5, 5.41) is 5.98. The van der Waals surface area contributed by atoms with Gasteiger partial charge >= 0.3 is 6.03 Å². The summed E-state index contributed by atoms with van der Waals surface area (Å²) in [6, 6.07) is 15.0. The number of nitrogens with one attached hydrogen (secondary N) is 2. The number of carbonyl (C=O) groups is 1. The smallest absolute Gasteiger partial charge is 0.320 e. The van der Waals surface area contributed by atoms with Gasteiger partial charge < -0.3 is 20.1 Å². The van der Waals surface area contributed by atoms with E-state index in [1.165, 1.54) is 0 Å². The molecule has 1 aliphatic carbocycles. The lowest BCUT2D eigenvalue weighted by atomic mass is 10.1. The number of rotatable bonds is 6. The van der Waals surface area contributed by atoms with Crippen LogP contribution in [0.25, 0.3) is 0 Å². The first-order valence-corrected chi connectivity index (χ1v) is 8.12. The molecule has 126 valence electrons. The zero-order valence-electron chi connectivity index (χ0n) is 14.0. The van der Waals surface area contributed by atoms with Gasteiger partial charge in [-0.05, 0) is 49.6 Å². The summed E-state index contributed by atoms with van der Waals surface area (Å²) < 4.78 is 10.7. The van der Waals surface area contributed by atoms with Crippen LogP contribution in [0.4, 0.5) is 10.5 Å². The fourth-order valence-electron chi connectivity index (χ4n) is 2.74. The highest BCUT2D eigenvalue weighted by molar-refractivity contribution is 5.91. The van der Waals surface area contributed by atoms with E-state index in [0.29, 0.717) is 18.0 Å². The van der Waals surface area contributed by atoms with Crippen LogP contribution in [-0.4, -0.2) is 19.7 Å². The third-order valence-electron chi connectivity index (χ3n) is 4.18. The number of carbonyl (C=O) groups excluding carboxylic acids is 1. The molecular formula is C19H22N2O3. The van der Waals surface area contributed by atoms with Gasteiger partial charge in [0.25, 0.3) is 0 Å². The molecule has 1 fully saturated rings. The second-order valence-electron chi connectivity index (χ2n) is 5.82. The molecule has 2 amide bonds. The Kier molecular flexibility index (Phi) is 4.60. The summed E-state index contributed by atoms with van der Waals surface area (Å²) in [6.07, 6.45) is 1.86. The molecule has 5 heteroatoms. The van der Waals surface area contributed by atoms with Crippen molar-refractivity contribution < 1.29 is 14.3 Å². The van der Waals surface area contributed by atoms with Gasteiger partial charge in [-0.3, -0.25) is 0 Å². The number of anilines is 1. The monoisotopic (exact) mass is 326 g/mol. The van der Waals surface area contributed by atoms with Crippen LogP contribution in [0.5, 0.6) is 11.5 Å². The highest BCUT2D eigenvalue weighted by Crippen LogP contribution is 2.45. The summed E-state index contributed by atoms with van der Waals surface area (Å²) in [6.45, 7) is 2.47. The molecule has 5 nitrogen and oxygen atoms in total. The molecule has 0 aromatic heterocycles. The van der Waals surface area contributed by atoms with Crippen molar-refractivity contribution in [1.29, 1.82) is 0 Å². The van der Waals surface area contributed by atoms with E-state index in [2.05, 4.69) is 10.6 Å². The van der Waals surface area contributed by atoms with Crippen LogP contribution < -0.4 is 20.1 Å². The third-order valence-corrected chi connectivity index (χ3v) is 4.18. The van der Waals surface area contributed by atoms with Crippen LogP contribution in [0.3, 0.4) is 0 Å². The van der Waals surface area contributed by atoms with Crippen molar-refractivity contribution in [3.8, 4) is 11.5 Å². The highest BCUT2D eigenvalue weighted by atomic mass is 16.5. The molecule has 1 aliphatic rings. The van der Waals surface area contributed by atoms with Gasteiger partial charge in [0, 0.05) is 0 Å². The van der Waals surface area contributed by atoms with Crippen LogP contribution in [0, 0.1) is 0 Å². The summed E-state index contributed by atoms with van der Waals surface area (Å²) in [4.78, 5) is 12.4. The lowest BCUT2D eigenvalue weighted by molar-refractivity contribution is 0.247. The fourth-order valence-corrected chi connectivity index (χ4v) is 2.74. The Labute approximate surface area is 142 Å². The van der Waals surface area contributed by atoms with Gasteiger partial charge in [0.05, 0.1) is 24.9 Å². The number of para-hydroxylation sites is 2. The van der Waals surface area contributed by atoms with Gasteiger partial charge in [0.1, 0.15) is 11.5 Å². The number of amides is 2. The molecule has 0 saturated heterocycles. The third kappa shape index (κ3) is 3.45. The van der Waals surface area contributed by atoms with Crippen LogP contribution in [-0.2, 0) is 5.54 Å². The fraction of sp³-hybridized carbons (Fsp3) is 0.316. The average molecular weight is 326 g/mol. The van der Waals surface area contributed by atoms with E-state index in [9.17, 15) is 4.79 Å². The summed E-state index contributed by atoms with van der Waals surface area (Å²) in [5.74, 6) is 1.48. The van der Waals surface area contributed by atoms with Gasteiger partial charge in [-0.1, -0.05) is 24.3 Å². The summed E-state index contributed by atoms with van der Waals surface area (Å²) in [5.41, 5.74) is 1.48. The van der Waals surface area contributed by atoms with Gasteiger partial charge in [0.2, 0.25) is 0 Å². The Balaban J connectivity index is 1.68. The number of hydrogen-bond acceptors (Lipinski definition) is 3. The van der Waals surface area contributed by atoms with E-state index < -0.39 is 0 Å². The van der Waals surface area contributed by atoms with Crippen molar-refractivity contribution in [3.05, 3.63) is 54.1 Å². The first kappa shape index (κ1) is 16.2. The van der Waals surface area contributed by atoms with Crippen LogP contribution in [0.1, 0.15) is 25.3 Å². The highest BCUT2D eigenvalue weighted by Gasteiger charge is 2.45. The zero-order chi connectivity index (χ0) is 17.0. The molecule has 0 spiro atoms. The second-order valence-corrected chi connectivity index (χ2v) is 5.82. The van der Waals surface area contributed by atoms with Crippen LogP contribution in [0.2, 0.25) is 0 Å². The Morgan fingerprint density at radius 1 is 1.12 bits per heavy atom. The van der Waals surface area contributed by atoms with Gasteiger partial charge in [-0.15, -0.1) is 0 Å². The minimum Gasteiger partial charge on any atom is -0.497 e. The molecular weight excluding hydrogens is 304 g/mol. The molecule has 1 saturated carbocycles. The molecule has 2 N–H and O–H groups in total. The van der Waals surface area contributed by atoms with E-state index in [1.54, 1.807) is 7.11 Å². The second kappa shape index (κ2) is 6.83. The maximum atomic E-state index is 12.4. The molecule has 0 heterocycles. The molecule has 2 aromatic rings. The average Bonchev–Trinajstić information content (AvgIpc) is 3.37. The van der Waals surface area contributed by atoms with E-state index in [0.717, 1.165) is 24.2 Å². The topological polar surface area (TPSA) is 59.6 Å². The summed E-state index contributed by atoms with van der Waals surface area (Å²) in [7, 11) is 1.64. The van der Waals surface area contributed by atoms with Crippen molar-refractivity contribution in [3.63, 3.8) is 0 Å². The van der Waals surface area contributed by atoms with E-state index in [-0.39, 0.29) is 11.6 Å². The SMILES string of the molecule is CCOc1ccccc1NC(=O)NC1(c2ccc(OC)cc2)CC1. The van der Waals surface area contributed by atoms with Crippen molar-refractivity contribution in [2.75, 3.05) is 19.0 Å². The first-order chi connectivity index (χ1) is 11.7. The maximum absolute atomic E-state index is 12.4. The normalized spacial score (nSPS) is 14.6. The lowest BCUT2D eigenvalue weighted by Gasteiger charge is -2.19. The minimum absolute atomic E-state index is 0.226. The van der Waals surface area contributed by atoms with Crippen LogP contribution >= 0.6 is 0 Å². The van der Waals surface area contributed by atoms with Gasteiger partial charge in [-0.25, -0.2) is 4.79 Å². The largest absolute Gasteiger partial charge is 0.497 e. The molecule has 0 bridgehead atoms. The molecule has 0 aliphatic heterocycles. The van der Waals surface area contributed by atoms with E-state index >= 15 is 0 Å². The molecule has 0 unspecified atom stereocenters. The van der Waals surface area contributed by atoms with Crippen molar-refractivity contribution in [1.82, 2.24) is 5.32 Å². The minimum atomic E-state index is -0.281. The predicted octanol–water partition coefficient (Wildman–Crippen LogP) is 3.90. The quantitative estimate of drug-likeness (QED) is 0.846. The Morgan fingerprint density at radius 3 is 2.46 bits per heavy atom. The molecule has 0 atom stereocenters. The standard InChI is InChI=1S/C19H22N2O3/c1-3-24-17-7-5-4-6-16(17)20-18(22)21-19(12-13-19)14-8-10-15(23-2)11-9-14/h4-11H,3,12-13H2,1-2H3,(H2,20,21,22). The number of methoxy groups -OCH3 is 1. The van der Waals surface area contributed by atoms with Gasteiger partial charge in [0.15, 0.2) is 0 Å². The molecule has 0 radical (unpaired) electrons. The zero-order valence-corrected chi connectivity index (χ0v) is 14.0. The van der Waals surface area contributed by atoms with Crippen molar-refractivity contribution >= 4 is 11.7 Å². The molecule has 24 heavy (non-hydrogen) atoms. The Bertz CT molecular complexity index is 709.